The first kappa shape index (κ1) is 29.8. The maximum Gasteiger partial charge on any atom is 0.0629 e. The van der Waals surface area contributed by atoms with Crippen LogP contribution in [0.4, 0.5) is 11.4 Å². The van der Waals surface area contributed by atoms with Gasteiger partial charge in [0, 0.05) is 34.8 Å². The molecule has 3 aromatic rings. The fraction of sp³-hybridized carbons (Fsp3) is 0.250. The van der Waals surface area contributed by atoms with Crippen LogP contribution in [0.5, 0.6) is 0 Å². The number of rotatable bonds is 5. The molecular weight excluding hydrogens is 605 g/mol. The number of likely N-dealkylation sites (tertiary alicyclic amines) is 1. The van der Waals surface area contributed by atoms with Crippen LogP contribution in [0.2, 0.25) is 0 Å². The molecule has 246 valence electrons. The molecule has 5 aliphatic carbocycles. The van der Waals surface area contributed by atoms with Crippen LogP contribution >= 0.6 is 0 Å². The third kappa shape index (κ3) is 4.99. The second-order valence-electron chi connectivity index (χ2n) is 15.0. The summed E-state index contributed by atoms with van der Waals surface area (Å²) in [5, 5.41) is 0. The fourth-order valence-corrected chi connectivity index (χ4v) is 9.77. The van der Waals surface area contributed by atoms with Gasteiger partial charge in [0.25, 0.3) is 0 Å². The summed E-state index contributed by atoms with van der Waals surface area (Å²) in [6.07, 6.45) is 41.9. The zero-order chi connectivity index (χ0) is 33.0. The number of hydrogen-bond acceptors (Lipinski definition) is 2. The molecule has 10 rings (SSSR count). The summed E-state index contributed by atoms with van der Waals surface area (Å²) in [4.78, 5) is 5.29. The van der Waals surface area contributed by atoms with Crippen molar-refractivity contribution in [1.82, 2.24) is 4.90 Å². The molecule has 0 radical (unpaired) electrons. The van der Waals surface area contributed by atoms with Gasteiger partial charge in [-0.2, -0.15) is 0 Å². The highest BCUT2D eigenvalue weighted by Crippen LogP contribution is 2.51. The molecule has 2 aliphatic heterocycles. The van der Waals surface area contributed by atoms with E-state index in [4.69, 9.17) is 0 Å². The lowest BCUT2D eigenvalue weighted by Crippen LogP contribution is -2.39. The van der Waals surface area contributed by atoms with Crippen LogP contribution in [0.15, 0.2) is 181 Å². The number of hydrogen-bond donors (Lipinski definition) is 0. The van der Waals surface area contributed by atoms with Gasteiger partial charge in [-0.15, -0.1) is 0 Å². The zero-order valence-electron chi connectivity index (χ0n) is 28.6. The van der Waals surface area contributed by atoms with Crippen molar-refractivity contribution in [2.75, 3.05) is 4.90 Å². The van der Waals surface area contributed by atoms with E-state index in [9.17, 15) is 0 Å². The maximum absolute atomic E-state index is 2.74. The van der Waals surface area contributed by atoms with E-state index in [-0.39, 0.29) is 0 Å². The second-order valence-corrected chi connectivity index (χ2v) is 15.0. The lowest BCUT2D eigenvalue weighted by atomic mass is 9.82. The zero-order valence-corrected chi connectivity index (χ0v) is 28.6. The molecule has 1 saturated heterocycles. The Kier molecular flexibility index (Phi) is 7.36. The van der Waals surface area contributed by atoms with E-state index in [1.807, 2.05) is 0 Å². The molecule has 1 fully saturated rings. The van der Waals surface area contributed by atoms with Gasteiger partial charge >= 0.3 is 0 Å². The van der Waals surface area contributed by atoms with E-state index in [0.717, 1.165) is 12.8 Å². The first-order chi connectivity index (χ1) is 24.8. The van der Waals surface area contributed by atoms with E-state index in [2.05, 4.69) is 174 Å². The van der Waals surface area contributed by atoms with Crippen molar-refractivity contribution in [3.63, 3.8) is 0 Å². The highest BCUT2D eigenvalue weighted by atomic mass is 15.2. The van der Waals surface area contributed by atoms with Gasteiger partial charge in [0.05, 0.1) is 18.1 Å². The van der Waals surface area contributed by atoms with Gasteiger partial charge < -0.3 is 9.80 Å². The highest BCUT2D eigenvalue weighted by Gasteiger charge is 2.44. The number of allylic oxidation sites excluding steroid dienone is 11. The standard InChI is InChI=1S/C48H44N2/c1-3-11-33(12-4-1)35-19-25-39(26-20-35)49-45-17-9-7-15-41(45)43-31-37(23-29-47(43)49)38-24-30-48-44(32-38)42-16-8-10-18-46(42)50(48)40-27-21-36(22-28-40)34-13-5-2-6-14-34/h1-5,7-12,15-23,25-27,29-32,34,38,40-42,45-46H,6,13-14,24,28H2. The van der Waals surface area contributed by atoms with Crippen LogP contribution in [0.3, 0.4) is 0 Å². The molecule has 0 saturated carbocycles. The van der Waals surface area contributed by atoms with E-state index in [0.29, 0.717) is 41.8 Å². The summed E-state index contributed by atoms with van der Waals surface area (Å²) in [7, 11) is 0. The Balaban J connectivity index is 0.935. The van der Waals surface area contributed by atoms with Crippen LogP contribution in [0.1, 0.15) is 55.1 Å². The second kappa shape index (κ2) is 12.4. The van der Waals surface area contributed by atoms with Gasteiger partial charge in [-0.25, -0.2) is 0 Å². The van der Waals surface area contributed by atoms with Crippen molar-refractivity contribution < 1.29 is 0 Å². The number of benzene rings is 3. The fourth-order valence-electron chi connectivity index (χ4n) is 9.77. The average Bonchev–Trinajstić information content (AvgIpc) is 3.71. The average molecular weight is 649 g/mol. The summed E-state index contributed by atoms with van der Waals surface area (Å²) in [6.45, 7) is 0. The Labute approximate surface area is 297 Å². The molecule has 2 heterocycles. The Morgan fingerprint density at radius 2 is 1.44 bits per heavy atom. The molecule has 7 atom stereocenters. The Morgan fingerprint density at radius 3 is 2.24 bits per heavy atom. The van der Waals surface area contributed by atoms with E-state index < -0.39 is 0 Å². The Hall–Kier alpha value is -5.08. The van der Waals surface area contributed by atoms with Crippen LogP contribution in [0, 0.1) is 11.8 Å². The molecule has 3 aromatic carbocycles. The van der Waals surface area contributed by atoms with Gasteiger partial charge in [0.1, 0.15) is 0 Å². The first-order valence-corrected chi connectivity index (χ1v) is 18.8. The van der Waals surface area contributed by atoms with E-state index >= 15 is 0 Å². The lowest BCUT2D eigenvalue weighted by Gasteiger charge is -2.36. The third-order valence-corrected chi connectivity index (χ3v) is 12.3. The van der Waals surface area contributed by atoms with Gasteiger partial charge in [0.2, 0.25) is 0 Å². The van der Waals surface area contributed by atoms with Gasteiger partial charge in [-0.05, 0) is 89.6 Å². The topological polar surface area (TPSA) is 6.48 Å². The summed E-state index contributed by atoms with van der Waals surface area (Å²) in [5.41, 5.74) is 12.5. The van der Waals surface area contributed by atoms with Crippen molar-refractivity contribution in [3.05, 3.63) is 192 Å². The van der Waals surface area contributed by atoms with Gasteiger partial charge in [0.15, 0.2) is 0 Å². The van der Waals surface area contributed by atoms with Crippen LogP contribution in [0.25, 0.3) is 11.1 Å². The van der Waals surface area contributed by atoms with Crippen LogP contribution in [-0.2, 0) is 0 Å². The van der Waals surface area contributed by atoms with Crippen molar-refractivity contribution in [3.8, 4) is 11.1 Å². The molecule has 2 nitrogen and oxygen atoms in total. The molecule has 0 bridgehead atoms. The smallest absolute Gasteiger partial charge is 0.0629 e. The molecule has 0 N–H and O–H groups in total. The molecule has 2 heteroatoms. The minimum atomic E-state index is 0.292. The van der Waals surface area contributed by atoms with Gasteiger partial charge in [-0.3, -0.25) is 0 Å². The normalized spacial score (nSPS) is 30.0. The largest absolute Gasteiger partial charge is 0.357 e. The van der Waals surface area contributed by atoms with E-state index in [1.54, 1.807) is 5.57 Å². The van der Waals surface area contributed by atoms with Crippen molar-refractivity contribution >= 4 is 11.4 Å². The SMILES string of the molecule is C1=CC2C3=CC(c4ccc5c(c4)C4C=CC=CC4N5c4ccc(-c5ccccc5)cc4)CC=C3N(C3C=CC(C4CC=CCC4)=CC3)C2C=C1. The Bertz CT molecular complexity index is 2080. The lowest BCUT2D eigenvalue weighted by molar-refractivity contribution is 0.265. The monoisotopic (exact) mass is 648 g/mol. The van der Waals surface area contributed by atoms with Gasteiger partial charge in [-0.1, -0.05) is 146 Å². The van der Waals surface area contributed by atoms with Crippen molar-refractivity contribution in [1.29, 1.82) is 0 Å². The summed E-state index contributed by atoms with van der Waals surface area (Å²) in [6, 6.07) is 28.2. The van der Waals surface area contributed by atoms with Crippen molar-refractivity contribution in [2.24, 2.45) is 11.8 Å². The summed E-state index contributed by atoms with van der Waals surface area (Å²) < 4.78 is 0. The van der Waals surface area contributed by atoms with E-state index in [1.165, 1.54) is 64.2 Å². The quantitative estimate of drug-likeness (QED) is 0.254. The minimum absolute atomic E-state index is 0.292. The van der Waals surface area contributed by atoms with Crippen LogP contribution in [-0.4, -0.2) is 23.0 Å². The summed E-state index contributed by atoms with van der Waals surface area (Å²) >= 11 is 0. The molecule has 0 spiro atoms. The maximum atomic E-state index is 2.74. The van der Waals surface area contributed by atoms with Crippen LogP contribution < -0.4 is 4.90 Å². The molecule has 7 unspecified atom stereocenters. The molecule has 0 aromatic heterocycles. The predicted molar refractivity (Wildman–Crippen MR) is 208 cm³/mol. The molecule has 0 amide bonds. The number of anilines is 2. The minimum Gasteiger partial charge on any atom is -0.357 e. The van der Waals surface area contributed by atoms with Crippen molar-refractivity contribution in [2.45, 2.75) is 62.1 Å². The molecule has 7 aliphatic rings. The summed E-state index contributed by atoms with van der Waals surface area (Å²) in [5.74, 6) is 1.84. The first-order valence-electron chi connectivity index (χ1n) is 18.8. The third-order valence-electron chi connectivity index (χ3n) is 12.3. The number of fused-ring (bicyclic) bond motifs is 6. The molecular formula is C48H44N2. The highest BCUT2D eigenvalue weighted by molar-refractivity contribution is 5.77. The Morgan fingerprint density at radius 1 is 0.640 bits per heavy atom. The number of nitrogens with zero attached hydrogens (tertiary/aromatic N) is 2. The predicted octanol–water partition coefficient (Wildman–Crippen LogP) is 11.4. The molecule has 50 heavy (non-hydrogen) atoms.